The van der Waals surface area contributed by atoms with Crippen molar-refractivity contribution in [3.63, 3.8) is 0 Å². The second-order valence-corrected chi connectivity index (χ2v) is 6.64. The Morgan fingerprint density at radius 3 is 2.38 bits per heavy atom. The number of hydrogen-bond donors (Lipinski definition) is 1. The minimum atomic E-state index is -0.935. The van der Waals surface area contributed by atoms with E-state index in [4.69, 9.17) is 16.7 Å². The van der Waals surface area contributed by atoms with E-state index in [1.54, 1.807) is 18.2 Å². The summed E-state index contributed by atoms with van der Waals surface area (Å²) in [7, 11) is 0. The summed E-state index contributed by atoms with van der Waals surface area (Å²) in [5.74, 6) is -0.935. The molecular formula is C21H19ClN2O2. The van der Waals surface area contributed by atoms with Gasteiger partial charge in [0.15, 0.2) is 0 Å². The molecule has 4 nitrogen and oxygen atoms in total. The average Bonchev–Trinajstić information content (AvgIpc) is 2.88. The number of nitrogens with zero attached hydrogens (tertiary/aromatic N) is 2. The van der Waals surface area contributed by atoms with Crippen LogP contribution in [-0.4, -0.2) is 21.9 Å². The molecule has 0 aliphatic carbocycles. The number of aromatic nitrogens is 1. The van der Waals surface area contributed by atoms with Crippen LogP contribution in [0.1, 0.15) is 32.9 Å². The van der Waals surface area contributed by atoms with Gasteiger partial charge in [0.2, 0.25) is 0 Å². The van der Waals surface area contributed by atoms with Crippen molar-refractivity contribution in [2.45, 2.75) is 20.8 Å². The largest absolute Gasteiger partial charge is 0.478 e. The first-order valence-corrected chi connectivity index (χ1v) is 8.57. The van der Waals surface area contributed by atoms with Crippen LogP contribution in [0.15, 0.2) is 53.5 Å². The summed E-state index contributed by atoms with van der Waals surface area (Å²) < 4.78 is 2.15. The molecule has 0 atom stereocenters. The van der Waals surface area contributed by atoms with Crippen molar-refractivity contribution in [2.75, 3.05) is 0 Å². The van der Waals surface area contributed by atoms with E-state index >= 15 is 0 Å². The number of carboxylic acids is 1. The van der Waals surface area contributed by atoms with Crippen LogP contribution in [0.5, 0.6) is 0 Å². The zero-order valence-electron chi connectivity index (χ0n) is 14.8. The van der Waals surface area contributed by atoms with E-state index in [2.05, 4.69) is 15.6 Å². The summed E-state index contributed by atoms with van der Waals surface area (Å²) >= 11 is 5.98. The van der Waals surface area contributed by atoms with Gasteiger partial charge in [-0.15, -0.1) is 0 Å². The van der Waals surface area contributed by atoms with Crippen molar-refractivity contribution >= 4 is 29.5 Å². The fourth-order valence-electron chi connectivity index (χ4n) is 2.98. The predicted molar refractivity (Wildman–Crippen MR) is 106 cm³/mol. The first kappa shape index (κ1) is 18.0. The van der Waals surface area contributed by atoms with Crippen LogP contribution in [0, 0.1) is 20.8 Å². The van der Waals surface area contributed by atoms with Crippen LogP contribution in [0.3, 0.4) is 0 Å². The van der Waals surface area contributed by atoms with Gasteiger partial charge in [0.1, 0.15) is 0 Å². The molecule has 0 unspecified atom stereocenters. The van der Waals surface area contributed by atoms with E-state index in [1.807, 2.05) is 51.3 Å². The standard InChI is InChI=1S/C21H19ClN2O2/c1-13-10-16(21(25)26)4-9-20(13)23-12-17-11-14(2)24(15(17)3)19-7-5-18(22)6-8-19/h4-12H,1-3H3,(H,25,26). The van der Waals surface area contributed by atoms with E-state index in [1.165, 1.54) is 0 Å². The molecule has 0 bridgehead atoms. The summed E-state index contributed by atoms with van der Waals surface area (Å²) in [5.41, 5.74) is 6.09. The molecule has 5 heteroatoms. The molecule has 0 spiro atoms. The summed E-state index contributed by atoms with van der Waals surface area (Å²) in [4.78, 5) is 15.6. The van der Waals surface area contributed by atoms with Gasteiger partial charge in [-0.25, -0.2) is 4.79 Å². The van der Waals surface area contributed by atoms with Gasteiger partial charge < -0.3 is 9.67 Å². The maximum atomic E-state index is 11.0. The van der Waals surface area contributed by atoms with Crippen LogP contribution < -0.4 is 0 Å². The predicted octanol–water partition coefficient (Wildman–Crippen LogP) is 5.50. The number of hydrogen-bond acceptors (Lipinski definition) is 2. The van der Waals surface area contributed by atoms with E-state index in [9.17, 15) is 4.79 Å². The average molecular weight is 367 g/mol. The Balaban J connectivity index is 1.94. The third kappa shape index (κ3) is 3.55. The summed E-state index contributed by atoms with van der Waals surface area (Å²) in [6.45, 7) is 5.95. The molecule has 0 radical (unpaired) electrons. The van der Waals surface area contributed by atoms with Gasteiger partial charge in [-0.05, 0) is 74.9 Å². The molecule has 3 aromatic rings. The van der Waals surface area contributed by atoms with Crippen LogP contribution in [0.2, 0.25) is 5.02 Å². The second kappa shape index (κ2) is 7.18. The van der Waals surface area contributed by atoms with E-state index in [0.717, 1.165) is 33.9 Å². The topological polar surface area (TPSA) is 54.6 Å². The molecule has 2 aromatic carbocycles. The van der Waals surface area contributed by atoms with Gasteiger partial charge in [-0.3, -0.25) is 4.99 Å². The number of aromatic carboxylic acids is 1. The van der Waals surface area contributed by atoms with Gasteiger partial charge in [0.05, 0.1) is 11.3 Å². The zero-order valence-corrected chi connectivity index (χ0v) is 15.6. The maximum Gasteiger partial charge on any atom is 0.335 e. The Morgan fingerprint density at radius 2 is 1.77 bits per heavy atom. The van der Waals surface area contributed by atoms with E-state index < -0.39 is 5.97 Å². The number of aliphatic imine (C=N–C) groups is 1. The molecular weight excluding hydrogens is 348 g/mol. The van der Waals surface area contributed by atoms with Crippen LogP contribution in [0.4, 0.5) is 5.69 Å². The van der Waals surface area contributed by atoms with Crippen molar-refractivity contribution in [3.05, 3.63) is 81.6 Å². The van der Waals surface area contributed by atoms with Gasteiger partial charge in [-0.1, -0.05) is 11.6 Å². The molecule has 0 aliphatic rings. The summed E-state index contributed by atoms with van der Waals surface area (Å²) in [6.07, 6.45) is 1.82. The molecule has 132 valence electrons. The lowest BCUT2D eigenvalue weighted by Crippen LogP contribution is -1.99. The van der Waals surface area contributed by atoms with E-state index in [-0.39, 0.29) is 5.56 Å². The van der Waals surface area contributed by atoms with Crippen LogP contribution in [-0.2, 0) is 0 Å². The molecule has 0 saturated heterocycles. The normalized spacial score (nSPS) is 11.2. The molecule has 1 N–H and O–H groups in total. The van der Waals surface area contributed by atoms with Crippen molar-refractivity contribution in [2.24, 2.45) is 4.99 Å². The zero-order chi connectivity index (χ0) is 18.8. The number of benzene rings is 2. The quantitative estimate of drug-likeness (QED) is 0.619. The first-order chi connectivity index (χ1) is 12.4. The molecule has 26 heavy (non-hydrogen) atoms. The first-order valence-electron chi connectivity index (χ1n) is 8.19. The molecule has 1 heterocycles. The van der Waals surface area contributed by atoms with Gasteiger partial charge >= 0.3 is 5.97 Å². The molecule has 0 saturated carbocycles. The number of aryl methyl sites for hydroxylation is 2. The molecule has 1 aromatic heterocycles. The third-order valence-electron chi connectivity index (χ3n) is 4.34. The van der Waals surface area contributed by atoms with Gasteiger partial charge in [0, 0.05) is 33.9 Å². The monoisotopic (exact) mass is 366 g/mol. The highest BCUT2D eigenvalue weighted by molar-refractivity contribution is 6.30. The lowest BCUT2D eigenvalue weighted by molar-refractivity contribution is 0.0697. The highest BCUT2D eigenvalue weighted by Gasteiger charge is 2.10. The minimum Gasteiger partial charge on any atom is -0.478 e. The third-order valence-corrected chi connectivity index (χ3v) is 4.59. The summed E-state index contributed by atoms with van der Waals surface area (Å²) in [6, 6.07) is 14.7. The molecule has 0 fully saturated rings. The molecule has 3 rings (SSSR count). The Labute approximate surface area is 157 Å². The van der Waals surface area contributed by atoms with Crippen molar-refractivity contribution in [1.82, 2.24) is 4.57 Å². The Morgan fingerprint density at radius 1 is 1.08 bits per heavy atom. The number of carboxylic acid groups (broad SMARTS) is 1. The Hall–Kier alpha value is -2.85. The fraction of sp³-hybridized carbons (Fsp3) is 0.143. The molecule has 0 aliphatic heterocycles. The van der Waals surface area contributed by atoms with Gasteiger partial charge in [-0.2, -0.15) is 0 Å². The second-order valence-electron chi connectivity index (χ2n) is 6.20. The molecule has 0 amide bonds. The highest BCUT2D eigenvalue weighted by atomic mass is 35.5. The van der Waals surface area contributed by atoms with Crippen LogP contribution in [0.25, 0.3) is 5.69 Å². The van der Waals surface area contributed by atoms with Crippen LogP contribution >= 0.6 is 11.6 Å². The van der Waals surface area contributed by atoms with Crippen molar-refractivity contribution < 1.29 is 9.90 Å². The highest BCUT2D eigenvalue weighted by Crippen LogP contribution is 2.23. The Bertz CT molecular complexity index is 1000. The lowest BCUT2D eigenvalue weighted by Gasteiger charge is -2.09. The van der Waals surface area contributed by atoms with Crippen molar-refractivity contribution in [3.8, 4) is 5.69 Å². The van der Waals surface area contributed by atoms with Gasteiger partial charge in [0.25, 0.3) is 0 Å². The Kier molecular flexibility index (Phi) is 4.96. The minimum absolute atomic E-state index is 0.266. The lowest BCUT2D eigenvalue weighted by atomic mass is 10.1. The van der Waals surface area contributed by atoms with Crippen molar-refractivity contribution in [1.29, 1.82) is 0 Å². The smallest absolute Gasteiger partial charge is 0.335 e. The fourth-order valence-corrected chi connectivity index (χ4v) is 3.10. The SMILES string of the molecule is Cc1cc(C(=O)O)ccc1N=Cc1cc(C)n(-c2ccc(Cl)cc2)c1C. The number of halogens is 1. The van der Waals surface area contributed by atoms with E-state index in [0.29, 0.717) is 5.02 Å². The summed E-state index contributed by atoms with van der Waals surface area (Å²) in [5, 5.41) is 9.76. The maximum absolute atomic E-state index is 11.0. The number of carbonyl (C=O) groups is 1. The number of rotatable bonds is 4.